The zero-order valence-electron chi connectivity index (χ0n) is 24.5. The van der Waals surface area contributed by atoms with Crippen LogP contribution in [0.3, 0.4) is 0 Å². The highest BCUT2D eigenvalue weighted by Crippen LogP contribution is 2.47. The molecule has 0 saturated carbocycles. The number of ether oxygens (including phenoxy) is 1. The van der Waals surface area contributed by atoms with Crippen molar-refractivity contribution in [1.82, 2.24) is 19.7 Å². The molecule has 1 aliphatic heterocycles. The first-order valence-corrected chi connectivity index (χ1v) is 14.5. The summed E-state index contributed by atoms with van der Waals surface area (Å²) >= 11 is 6.83. The highest BCUT2D eigenvalue weighted by Gasteiger charge is 2.41. The highest BCUT2D eigenvalue weighted by atomic mass is 35.5. The highest BCUT2D eigenvalue weighted by molar-refractivity contribution is 6.36. The van der Waals surface area contributed by atoms with Gasteiger partial charge in [0.25, 0.3) is 11.5 Å². The molecule has 0 spiro atoms. The number of aliphatic carboxylic acids is 1. The number of methoxy groups -OCH3 is 1. The van der Waals surface area contributed by atoms with Crippen LogP contribution in [0.15, 0.2) is 47.4 Å². The van der Waals surface area contributed by atoms with E-state index in [-0.39, 0.29) is 39.0 Å². The van der Waals surface area contributed by atoms with E-state index < -0.39 is 35.0 Å². The summed E-state index contributed by atoms with van der Waals surface area (Å²) in [6, 6.07) is 8.15. The molecular formula is C32H28ClF2N5O5. The number of nitrogens with zero attached hydrogens (tertiary/aromatic N) is 4. The Bertz CT molecular complexity index is 1940. The van der Waals surface area contributed by atoms with Gasteiger partial charge in [-0.25, -0.2) is 18.4 Å². The maximum absolute atomic E-state index is 15.5. The molecule has 6 rings (SSSR count). The van der Waals surface area contributed by atoms with Gasteiger partial charge in [0.1, 0.15) is 17.2 Å². The standard InChI is InChI=1S/C32H28ClF2N5O5/c1-15-22(37-29(41)19-10-11-36-39(2)31(19)42)8-7-20(34)25(15)27-21(35)6-5-18(28(27)33)23-12-16-4-9-24(26(16)30(38-23)45-3)40-13-17(14-40)32(43)44/h5-8,10-12,17,24H,4,9,13-14H2,1-3H3,(H,37,41)(H,43,44). The summed E-state index contributed by atoms with van der Waals surface area (Å²) in [7, 11) is 2.90. The molecule has 4 aromatic rings. The Morgan fingerprint density at radius 2 is 1.82 bits per heavy atom. The van der Waals surface area contributed by atoms with Crippen molar-refractivity contribution in [2.45, 2.75) is 25.8 Å². The fourth-order valence-electron chi connectivity index (χ4n) is 6.13. The van der Waals surface area contributed by atoms with E-state index in [1.54, 1.807) is 0 Å². The van der Waals surface area contributed by atoms with Crippen LogP contribution in [0.25, 0.3) is 22.4 Å². The predicted molar refractivity (Wildman–Crippen MR) is 163 cm³/mol. The number of amides is 1. The lowest BCUT2D eigenvalue weighted by atomic mass is 9.94. The first-order chi connectivity index (χ1) is 21.5. The van der Waals surface area contributed by atoms with Crippen LogP contribution in [-0.4, -0.2) is 56.8 Å². The van der Waals surface area contributed by atoms with E-state index in [9.17, 15) is 19.5 Å². The fourth-order valence-corrected chi connectivity index (χ4v) is 6.48. The molecule has 13 heteroatoms. The number of pyridine rings is 1. The van der Waals surface area contributed by atoms with E-state index in [1.165, 1.54) is 51.5 Å². The summed E-state index contributed by atoms with van der Waals surface area (Å²) in [4.78, 5) is 43.4. The normalized spacial score (nSPS) is 16.3. The maximum Gasteiger partial charge on any atom is 0.309 e. The molecule has 1 aliphatic carbocycles. The van der Waals surface area contributed by atoms with Crippen LogP contribution in [-0.2, 0) is 18.3 Å². The first-order valence-electron chi connectivity index (χ1n) is 14.2. The SMILES string of the molecule is COc1nc(-c2ccc(F)c(-c3c(F)ccc(NC(=O)c4ccnn(C)c4=O)c3C)c2Cl)cc2c1C(N1CC(C(=O)O)C1)CC2. The van der Waals surface area contributed by atoms with Crippen molar-refractivity contribution in [2.75, 3.05) is 25.5 Å². The molecule has 10 nitrogen and oxygen atoms in total. The molecule has 1 unspecified atom stereocenters. The van der Waals surface area contributed by atoms with Gasteiger partial charge in [-0.2, -0.15) is 5.10 Å². The van der Waals surface area contributed by atoms with Crippen molar-refractivity contribution in [2.24, 2.45) is 13.0 Å². The maximum atomic E-state index is 15.5. The number of carbonyl (C=O) groups excluding carboxylic acids is 1. The molecule has 3 heterocycles. The summed E-state index contributed by atoms with van der Waals surface area (Å²) < 4.78 is 37.6. The third kappa shape index (κ3) is 5.23. The van der Waals surface area contributed by atoms with Gasteiger partial charge in [0.05, 0.1) is 23.7 Å². The molecule has 1 fully saturated rings. The number of aryl methyl sites for hydroxylation is 2. The quantitative estimate of drug-likeness (QED) is 0.290. The molecular weight excluding hydrogens is 608 g/mol. The topological polar surface area (TPSA) is 127 Å². The minimum Gasteiger partial charge on any atom is -0.481 e. The van der Waals surface area contributed by atoms with Gasteiger partial charge in [0.2, 0.25) is 5.88 Å². The van der Waals surface area contributed by atoms with Crippen molar-refractivity contribution >= 4 is 29.2 Å². The molecule has 2 aliphatic rings. The van der Waals surface area contributed by atoms with Crippen LogP contribution in [0.2, 0.25) is 5.02 Å². The minimum absolute atomic E-state index is 0.0339. The van der Waals surface area contributed by atoms with Gasteiger partial charge in [-0.05, 0) is 67.3 Å². The molecule has 1 amide bonds. The average Bonchev–Trinajstić information content (AvgIpc) is 3.39. The zero-order chi connectivity index (χ0) is 32.2. The number of fused-ring (bicyclic) bond motifs is 1. The number of benzene rings is 2. The minimum atomic E-state index is -0.814. The van der Waals surface area contributed by atoms with Crippen LogP contribution in [0, 0.1) is 24.5 Å². The summed E-state index contributed by atoms with van der Waals surface area (Å²) in [5.74, 6) is -3.13. The van der Waals surface area contributed by atoms with E-state index in [0.29, 0.717) is 36.6 Å². The van der Waals surface area contributed by atoms with Crippen molar-refractivity contribution in [3.05, 3.63) is 91.9 Å². The lowest BCUT2D eigenvalue weighted by Gasteiger charge is -2.41. The van der Waals surface area contributed by atoms with Crippen LogP contribution in [0.5, 0.6) is 5.88 Å². The van der Waals surface area contributed by atoms with E-state index in [4.69, 9.17) is 21.3 Å². The van der Waals surface area contributed by atoms with Gasteiger partial charge in [0.15, 0.2) is 0 Å². The van der Waals surface area contributed by atoms with Crippen molar-refractivity contribution < 1.29 is 28.2 Å². The van der Waals surface area contributed by atoms with Crippen molar-refractivity contribution in [3.8, 4) is 28.3 Å². The van der Waals surface area contributed by atoms with Gasteiger partial charge < -0.3 is 15.2 Å². The Morgan fingerprint density at radius 1 is 1.11 bits per heavy atom. The number of rotatable bonds is 7. The molecule has 1 saturated heterocycles. The number of aromatic nitrogens is 3. The number of anilines is 1. The van der Waals surface area contributed by atoms with Crippen LogP contribution >= 0.6 is 11.6 Å². The summed E-state index contributed by atoms with van der Waals surface area (Å²) in [5.41, 5.74) is 1.81. The lowest BCUT2D eigenvalue weighted by Crippen LogP contribution is -2.51. The van der Waals surface area contributed by atoms with Gasteiger partial charge >= 0.3 is 5.97 Å². The summed E-state index contributed by atoms with van der Waals surface area (Å²) in [5, 5.41) is 15.6. The van der Waals surface area contributed by atoms with Gasteiger partial charge in [-0.1, -0.05) is 11.6 Å². The second-order valence-electron chi connectivity index (χ2n) is 11.1. The van der Waals surface area contributed by atoms with E-state index in [2.05, 4.69) is 15.3 Å². The van der Waals surface area contributed by atoms with E-state index in [1.807, 2.05) is 6.07 Å². The molecule has 0 radical (unpaired) electrons. The zero-order valence-corrected chi connectivity index (χ0v) is 25.3. The number of carboxylic acid groups (broad SMARTS) is 1. The second-order valence-corrected chi connectivity index (χ2v) is 11.5. The Hall–Kier alpha value is -4.68. The number of halogens is 3. The van der Waals surface area contributed by atoms with E-state index >= 15 is 8.78 Å². The monoisotopic (exact) mass is 635 g/mol. The molecule has 232 valence electrons. The smallest absolute Gasteiger partial charge is 0.309 e. The number of carboxylic acids is 1. The number of hydrogen-bond donors (Lipinski definition) is 2. The number of hydrogen-bond acceptors (Lipinski definition) is 7. The van der Waals surface area contributed by atoms with E-state index in [0.717, 1.165) is 28.3 Å². The predicted octanol–water partition coefficient (Wildman–Crippen LogP) is 5.01. The first kappa shape index (κ1) is 30.4. The molecule has 1 atom stereocenters. The summed E-state index contributed by atoms with van der Waals surface area (Å²) in [6.07, 6.45) is 2.77. The average molecular weight is 636 g/mol. The molecule has 2 aromatic heterocycles. The van der Waals surface area contributed by atoms with Crippen molar-refractivity contribution in [1.29, 1.82) is 0 Å². The molecule has 45 heavy (non-hydrogen) atoms. The van der Waals surface area contributed by atoms with Gasteiger partial charge in [-0.3, -0.25) is 19.3 Å². The molecule has 2 N–H and O–H groups in total. The van der Waals surface area contributed by atoms with Gasteiger partial charge in [0, 0.05) is 60.3 Å². The Balaban J connectivity index is 1.38. The molecule has 2 aromatic carbocycles. The Labute approximate surface area is 261 Å². The second kappa shape index (κ2) is 11.7. The third-order valence-electron chi connectivity index (χ3n) is 8.55. The third-order valence-corrected chi connectivity index (χ3v) is 8.94. The van der Waals surface area contributed by atoms with Crippen LogP contribution < -0.4 is 15.6 Å². The number of likely N-dealkylation sites (tertiary alicyclic amines) is 1. The van der Waals surface area contributed by atoms with Crippen LogP contribution in [0.4, 0.5) is 14.5 Å². The lowest BCUT2D eigenvalue weighted by molar-refractivity contribution is -0.148. The van der Waals surface area contributed by atoms with Gasteiger partial charge in [-0.15, -0.1) is 0 Å². The number of nitrogens with one attached hydrogen (secondary N) is 1. The largest absolute Gasteiger partial charge is 0.481 e. The Kier molecular flexibility index (Phi) is 7.88. The fraction of sp³-hybridized carbons (Fsp3) is 0.281. The Morgan fingerprint density at radius 3 is 2.53 bits per heavy atom. The van der Waals surface area contributed by atoms with Crippen LogP contribution in [0.1, 0.15) is 39.5 Å². The van der Waals surface area contributed by atoms with Crippen molar-refractivity contribution in [3.63, 3.8) is 0 Å². The molecule has 0 bridgehead atoms. The number of carbonyl (C=O) groups is 2. The summed E-state index contributed by atoms with van der Waals surface area (Å²) in [6.45, 7) is 2.41.